The summed E-state index contributed by atoms with van der Waals surface area (Å²) in [5, 5.41) is 0. The highest BCUT2D eigenvalue weighted by Gasteiger charge is 2.01. The fraction of sp³-hybridized carbons (Fsp3) is 0.455. The van der Waals surface area contributed by atoms with Gasteiger partial charge in [0.1, 0.15) is 5.82 Å². The molecular formula is C11H13FNO2. The van der Waals surface area contributed by atoms with E-state index in [0.717, 1.165) is 19.3 Å². The molecule has 0 atom stereocenters. The molecule has 3 nitrogen and oxygen atoms in total. The Hall–Kier alpha value is -1.45. The molecule has 0 spiro atoms. The number of carbonyl (C=O) groups excluding carboxylic acids is 1. The summed E-state index contributed by atoms with van der Waals surface area (Å²) >= 11 is 0. The van der Waals surface area contributed by atoms with Crippen molar-refractivity contribution in [3.63, 3.8) is 0 Å². The summed E-state index contributed by atoms with van der Waals surface area (Å²) in [5.74, 6) is -0.255. The van der Waals surface area contributed by atoms with E-state index in [1.54, 1.807) is 12.3 Å². The van der Waals surface area contributed by atoms with Gasteiger partial charge < -0.3 is 4.74 Å². The monoisotopic (exact) mass is 210 g/mol. The molecule has 81 valence electrons. The van der Waals surface area contributed by atoms with Crippen LogP contribution in [0.2, 0.25) is 0 Å². The van der Waals surface area contributed by atoms with E-state index in [4.69, 9.17) is 0 Å². The summed E-state index contributed by atoms with van der Waals surface area (Å²) in [7, 11) is 0. The molecule has 0 amide bonds. The lowest BCUT2D eigenvalue weighted by molar-refractivity contribution is 0.269. The molecule has 1 rings (SSSR count). The summed E-state index contributed by atoms with van der Waals surface area (Å²) < 4.78 is 17.5. The number of aryl methyl sites for hydroxylation is 1. The van der Waals surface area contributed by atoms with Crippen molar-refractivity contribution in [1.29, 1.82) is 0 Å². The van der Waals surface area contributed by atoms with E-state index in [1.165, 1.54) is 12.5 Å². The Morgan fingerprint density at radius 2 is 2.27 bits per heavy atom. The van der Waals surface area contributed by atoms with E-state index in [1.807, 2.05) is 0 Å². The fourth-order valence-electron chi connectivity index (χ4n) is 1.29. The van der Waals surface area contributed by atoms with Gasteiger partial charge in [0.05, 0.1) is 12.3 Å². The third-order valence-electron chi connectivity index (χ3n) is 2.05. The van der Waals surface area contributed by atoms with E-state index in [-0.39, 0.29) is 5.82 Å². The van der Waals surface area contributed by atoms with E-state index >= 15 is 0 Å². The number of rotatable bonds is 7. The molecule has 1 aromatic rings. The minimum atomic E-state index is -0.255. The molecule has 0 aliphatic rings. The average Bonchev–Trinajstić information content (AvgIpc) is 2.25. The lowest BCUT2D eigenvalue weighted by Crippen LogP contribution is -1.96. The van der Waals surface area contributed by atoms with Crippen molar-refractivity contribution in [3.8, 4) is 0 Å². The maximum atomic E-state index is 13.1. The van der Waals surface area contributed by atoms with Crippen molar-refractivity contribution in [2.24, 2.45) is 0 Å². The van der Waals surface area contributed by atoms with Crippen LogP contribution in [-0.2, 0) is 16.0 Å². The van der Waals surface area contributed by atoms with Crippen molar-refractivity contribution in [3.05, 3.63) is 29.8 Å². The molecule has 0 N–H and O–H groups in total. The quantitative estimate of drug-likeness (QED) is 0.646. The zero-order chi connectivity index (χ0) is 10.9. The molecule has 0 bridgehead atoms. The molecule has 1 aromatic heterocycles. The van der Waals surface area contributed by atoms with Crippen LogP contribution in [0.15, 0.2) is 18.3 Å². The Bertz CT molecular complexity index is 304. The second-order valence-electron chi connectivity index (χ2n) is 3.17. The van der Waals surface area contributed by atoms with Gasteiger partial charge in [0.15, 0.2) is 0 Å². The third-order valence-corrected chi connectivity index (χ3v) is 2.05. The number of halogens is 1. The van der Waals surface area contributed by atoms with Crippen molar-refractivity contribution in [2.45, 2.75) is 25.7 Å². The zero-order valence-electron chi connectivity index (χ0n) is 8.41. The number of ether oxygens (including phenoxy) is 1. The number of hydrogen-bond donors (Lipinski definition) is 0. The van der Waals surface area contributed by atoms with Gasteiger partial charge >= 0.3 is 6.47 Å². The molecule has 15 heavy (non-hydrogen) atoms. The van der Waals surface area contributed by atoms with Gasteiger partial charge in [-0.05, 0) is 37.8 Å². The first kappa shape index (κ1) is 11.6. The standard InChI is InChI=1S/C11H13FNO2/c12-10-5-4-7-13-11(10)6-2-1-3-8-15-9-14/h4-5,7H,1-3,6,8H2. The first-order valence-electron chi connectivity index (χ1n) is 4.93. The van der Waals surface area contributed by atoms with Crippen molar-refractivity contribution in [1.82, 2.24) is 4.98 Å². The minimum absolute atomic E-state index is 0.255. The molecule has 4 heteroatoms. The predicted octanol–water partition coefficient (Wildman–Crippen LogP) is 2.02. The van der Waals surface area contributed by atoms with Crippen LogP contribution in [0.25, 0.3) is 0 Å². The molecule has 0 unspecified atom stereocenters. The maximum Gasteiger partial charge on any atom is 0.417 e. The summed E-state index contributed by atoms with van der Waals surface area (Å²) in [6.45, 7) is 1.75. The normalized spacial score (nSPS) is 9.93. The highest BCUT2D eigenvalue weighted by molar-refractivity contribution is 5.37. The van der Waals surface area contributed by atoms with E-state index in [2.05, 4.69) is 9.72 Å². The summed E-state index contributed by atoms with van der Waals surface area (Å²) in [6.07, 6.45) is 4.72. The number of unbranched alkanes of at least 4 members (excludes halogenated alkanes) is 2. The maximum absolute atomic E-state index is 13.1. The molecule has 1 heterocycles. The molecule has 0 saturated carbocycles. The molecule has 1 radical (unpaired) electrons. The van der Waals surface area contributed by atoms with Gasteiger partial charge in [0.2, 0.25) is 0 Å². The van der Waals surface area contributed by atoms with Crippen LogP contribution < -0.4 is 0 Å². The van der Waals surface area contributed by atoms with Crippen molar-refractivity contribution < 1.29 is 13.9 Å². The molecule has 0 saturated heterocycles. The van der Waals surface area contributed by atoms with Crippen LogP contribution in [-0.4, -0.2) is 18.1 Å². The molecular weight excluding hydrogens is 197 g/mol. The summed E-state index contributed by atoms with van der Waals surface area (Å²) in [5.41, 5.74) is 0.500. The van der Waals surface area contributed by atoms with Crippen molar-refractivity contribution >= 4 is 6.47 Å². The van der Waals surface area contributed by atoms with Gasteiger partial charge in [0.25, 0.3) is 0 Å². The fourth-order valence-corrected chi connectivity index (χ4v) is 1.29. The van der Waals surface area contributed by atoms with Gasteiger partial charge in [-0.25, -0.2) is 9.18 Å². The van der Waals surface area contributed by atoms with Crippen LogP contribution in [0.3, 0.4) is 0 Å². The molecule has 0 aliphatic heterocycles. The Balaban J connectivity index is 2.15. The smallest absolute Gasteiger partial charge is 0.417 e. The Morgan fingerprint density at radius 1 is 1.40 bits per heavy atom. The SMILES string of the molecule is O=[C]OCCCCCc1ncccc1F. The highest BCUT2D eigenvalue weighted by atomic mass is 19.1. The minimum Gasteiger partial charge on any atom is -0.457 e. The number of pyridine rings is 1. The van der Waals surface area contributed by atoms with Gasteiger partial charge in [-0.3, -0.25) is 4.98 Å². The Kier molecular flexibility index (Phi) is 5.37. The third kappa shape index (κ3) is 4.54. The Labute approximate surface area is 88.3 Å². The lowest BCUT2D eigenvalue weighted by atomic mass is 10.1. The van der Waals surface area contributed by atoms with Crippen LogP contribution in [0.4, 0.5) is 4.39 Å². The zero-order valence-corrected chi connectivity index (χ0v) is 8.41. The first-order chi connectivity index (χ1) is 7.34. The summed E-state index contributed by atoms with van der Waals surface area (Å²) in [6, 6.07) is 2.99. The lowest BCUT2D eigenvalue weighted by Gasteiger charge is -2.01. The number of aromatic nitrogens is 1. The van der Waals surface area contributed by atoms with Gasteiger partial charge in [-0.2, -0.15) is 0 Å². The second-order valence-corrected chi connectivity index (χ2v) is 3.17. The van der Waals surface area contributed by atoms with Gasteiger partial charge in [0, 0.05) is 6.20 Å². The van der Waals surface area contributed by atoms with Crippen LogP contribution in [0, 0.1) is 5.82 Å². The summed E-state index contributed by atoms with van der Waals surface area (Å²) in [4.78, 5) is 13.6. The van der Waals surface area contributed by atoms with Gasteiger partial charge in [-0.15, -0.1) is 0 Å². The molecule has 0 aromatic carbocycles. The van der Waals surface area contributed by atoms with Crippen molar-refractivity contribution in [2.75, 3.05) is 6.61 Å². The second kappa shape index (κ2) is 6.92. The largest absolute Gasteiger partial charge is 0.457 e. The van der Waals surface area contributed by atoms with E-state index < -0.39 is 0 Å². The topological polar surface area (TPSA) is 39.2 Å². The number of hydrogen-bond acceptors (Lipinski definition) is 3. The first-order valence-corrected chi connectivity index (χ1v) is 4.93. The Morgan fingerprint density at radius 3 is 3.00 bits per heavy atom. The van der Waals surface area contributed by atoms with Crippen LogP contribution >= 0.6 is 0 Å². The molecule has 0 aliphatic carbocycles. The number of nitrogens with zero attached hydrogens (tertiary/aromatic N) is 1. The highest BCUT2D eigenvalue weighted by Crippen LogP contribution is 2.07. The predicted molar refractivity (Wildman–Crippen MR) is 53.4 cm³/mol. The molecule has 0 fully saturated rings. The van der Waals surface area contributed by atoms with E-state index in [9.17, 15) is 9.18 Å². The van der Waals surface area contributed by atoms with E-state index in [0.29, 0.717) is 18.7 Å². The van der Waals surface area contributed by atoms with Crippen LogP contribution in [0.5, 0.6) is 0 Å². The average molecular weight is 210 g/mol. The van der Waals surface area contributed by atoms with Crippen LogP contribution in [0.1, 0.15) is 25.0 Å². The van der Waals surface area contributed by atoms with Gasteiger partial charge in [-0.1, -0.05) is 0 Å².